The lowest BCUT2D eigenvalue weighted by Gasteiger charge is -2.13. The number of rotatable bonds is 6. The second-order valence-corrected chi connectivity index (χ2v) is 7.38. The van der Waals surface area contributed by atoms with Crippen LogP contribution in [-0.4, -0.2) is 23.7 Å². The van der Waals surface area contributed by atoms with Crippen molar-refractivity contribution < 1.29 is 14.3 Å². The van der Waals surface area contributed by atoms with Crippen molar-refractivity contribution in [2.75, 3.05) is 11.9 Å². The Labute approximate surface area is 160 Å². The van der Waals surface area contributed by atoms with Crippen molar-refractivity contribution in [3.8, 4) is 0 Å². The molecule has 0 spiro atoms. The molecule has 0 saturated heterocycles. The maximum absolute atomic E-state index is 12.3. The first kappa shape index (κ1) is 19.6. The van der Waals surface area contributed by atoms with Crippen LogP contribution in [0.2, 0.25) is 10.0 Å². The van der Waals surface area contributed by atoms with Gasteiger partial charge in [0.1, 0.15) is 0 Å². The summed E-state index contributed by atoms with van der Waals surface area (Å²) >= 11 is 13.4. The molecule has 0 aliphatic carbocycles. The fraction of sp³-hybridized carbons (Fsp3) is 0.222. The van der Waals surface area contributed by atoms with E-state index in [-0.39, 0.29) is 28.4 Å². The zero-order valence-electron chi connectivity index (χ0n) is 13.7. The van der Waals surface area contributed by atoms with E-state index < -0.39 is 5.97 Å². The van der Waals surface area contributed by atoms with Crippen molar-refractivity contribution in [3.63, 3.8) is 0 Å². The van der Waals surface area contributed by atoms with Crippen LogP contribution in [0.5, 0.6) is 0 Å². The number of ether oxygens (including phenoxy) is 1. The van der Waals surface area contributed by atoms with E-state index in [4.69, 9.17) is 27.9 Å². The van der Waals surface area contributed by atoms with Crippen molar-refractivity contribution in [2.45, 2.75) is 24.0 Å². The highest BCUT2D eigenvalue weighted by Crippen LogP contribution is 2.27. The molecule has 0 aliphatic rings. The van der Waals surface area contributed by atoms with E-state index in [1.165, 1.54) is 23.9 Å². The van der Waals surface area contributed by atoms with Crippen molar-refractivity contribution in [3.05, 3.63) is 58.1 Å². The molecule has 2 rings (SSSR count). The molecule has 0 aliphatic heterocycles. The van der Waals surface area contributed by atoms with Gasteiger partial charge in [-0.3, -0.25) is 4.79 Å². The third kappa shape index (κ3) is 5.66. The van der Waals surface area contributed by atoms with Crippen LogP contribution in [0.4, 0.5) is 5.69 Å². The van der Waals surface area contributed by atoms with Crippen LogP contribution in [0.1, 0.15) is 24.2 Å². The topological polar surface area (TPSA) is 55.4 Å². The van der Waals surface area contributed by atoms with E-state index in [1.807, 2.05) is 19.1 Å². The fourth-order valence-electron chi connectivity index (χ4n) is 1.98. The van der Waals surface area contributed by atoms with Gasteiger partial charge in [0.15, 0.2) is 0 Å². The summed E-state index contributed by atoms with van der Waals surface area (Å²) in [6.45, 7) is 3.80. The van der Waals surface area contributed by atoms with Crippen molar-refractivity contribution in [1.29, 1.82) is 0 Å². The van der Waals surface area contributed by atoms with Crippen molar-refractivity contribution in [2.24, 2.45) is 0 Å². The van der Waals surface area contributed by atoms with Gasteiger partial charge in [0.05, 0.1) is 22.4 Å². The van der Waals surface area contributed by atoms with Gasteiger partial charge < -0.3 is 10.1 Å². The average Bonchev–Trinajstić information content (AvgIpc) is 2.57. The first-order valence-electron chi connectivity index (χ1n) is 7.60. The van der Waals surface area contributed by atoms with Gasteiger partial charge >= 0.3 is 5.97 Å². The highest BCUT2D eigenvalue weighted by Gasteiger charge is 2.16. The highest BCUT2D eigenvalue weighted by molar-refractivity contribution is 8.00. The lowest BCUT2D eigenvalue weighted by Crippen LogP contribution is -2.22. The van der Waals surface area contributed by atoms with Crippen LogP contribution in [0, 0.1) is 0 Å². The Balaban J connectivity index is 2.00. The molecule has 1 atom stereocenters. The van der Waals surface area contributed by atoms with Crippen LogP contribution in [0.3, 0.4) is 0 Å². The Morgan fingerprint density at radius 1 is 1.16 bits per heavy atom. The molecular formula is C18H17Cl2NO3S. The lowest BCUT2D eigenvalue weighted by atomic mass is 10.2. The normalized spacial score (nSPS) is 11.7. The number of carbonyl (C=O) groups is 2. The predicted molar refractivity (Wildman–Crippen MR) is 103 cm³/mol. The Bertz CT molecular complexity index is 765. The van der Waals surface area contributed by atoms with E-state index in [0.29, 0.717) is 10.7 Å². The van der Waals surface area contributed by atoms with E-state index in [2.05, 4.69) is 5.32 Å². The number of carbonyl (C=O) groups excluding carboxylic acids is 2. The van der Waals surface area contributed by atoms with Gasteiger partial charge in [-0.25, -0.2) is 4.79 Å². The molecule has 7 heteroatoms. The van der Waals surface area contributed by atoms with Crippen LogP contribution in [-0.2, 0) is 9.53 Å². The Morgan fingerprint density at radius 3 is 2.44 bits per heavy atom. The van der Waals surface area contributed by atoms with E-state index in [9.17, 15) is 9.59 Å². The first-order valence-corrected chi connectivity index (χ1v) is 9.24. The molecule has 0 bridgehead atoms. The molecule has 0 aromatic heterocycles. The van der Waals surface area contributed by atoms with Gasteiger partial charge in [0.2, 0.25) is 5.91 Å². The van der Waals surface area contributed by atoms with Crippen LogP contribution >= 0.6 is 35.0 Å². The quantitative estimate of drug-likeness (QED) is 0.531. The van der Waals surface area contributed by atoms with Crippen LogP contribution in [0.25, 0.3) is 0 Å². The first-order chi connectivity index (χ1) is 11.9. The molecule has 0 unspecified atom stereocenters. The molecule has 0 saturated carbocycles. The van der Waals surface area contributed by atoms with Gasteiger partial charge in [-0.15, -0.1) is 11.8 Å². The van der Waals surface area contributed by atoms with Crippen LogP contribution < -0.4 is 5.32 Å². The molecule has 25 heavy (non-hydrogen) atoms. The second kappa shape index (κ2) is 9.13. The fourth-order valence-corrected chi connectivity index (χ4v) is 3.23. The maximum atomic E-state index is 12.3. The smallest absolute Gasteiger partial charge is 0.339 e. The molecule has 132 valence electrons. The van der Waals surface area contributed by atoms with Gasteiger partial charge in [0.25, 0.3) is 0 Å². The molecule has 0 radical (unpaired) electrons. The number of esters is 1. The summed E-state index contributed by atoms with van der Waals surface area (Å²) in [7, 11) is 0. The number of amides is 1. The standard InChI is InChI=1S/C18H17Cl2NO3S/c1-3-24-18(23)15-9-6-13(10-16(15)20)21-17(22)11(2)25-14-7-4-12(19)5-8-14/h4-11H,3H2,1-2H3,(H,21,22)/t11-/m1/s1. The Morgan fingerprint density at radius 2 is 1.84 bits per heavy atom. The summed E-state index contributed by atoms with van der Waals surface area (Å²) in [6.07, 6.45) is 0. The lowest BCUT2D eigenvalue weighted by molar-refractivity contribution is -0.115. The summed E-state index contributed by atoms with van der Waals surface area (Å²) in [5.74, 6) is -0.656. The van der Waals surface area contributed by atoms with Gasteiger partial charge in [0, 0.05) is 15.6 Å². The monoisotopic (exact) mass is 397 g/mol. The van der Waals surface area contributed by atoms with E-state index >= 15 is 0 Å². The number of hydrogen-bond donors (Lipinski definition) is 1. The number of anilines is 1. The highest BCUT2D eigenvalue weighted by atomic mass is 35.5. The summed E-state index contributed by atoms with van der Waals surface area (Å²) in [5, 5.41) is 3.36. The molecule has 1 amide bonds. The molecule has 4 nitrogen and oxygen atoms in total. The molecule has 0 heterocycles. The predicted octanol–water partition coefficient (Wildman–Crippen LogP) is 5.29. The third-order valence-corrected chi connectivity index (χ3v) is 4.90. The average molecular weight is 398 g/mol. The number of nitrogens with one attached hydrogen (secondary N) is 1. The Hall–Kier alpha value is -1.69. The van der Waals surface area contributed by atoms with Gasteiger partial charge in [-0.2, -0.15) is 0 Å². The zero-order valence-corrected chi connectivity index (χ0v) is 16.0. The third-order valence-electron chi connectivity index (χ3n) is 3.23. The number of halogens is 2. The summed E-state index contributed by atoms with van der Waals surface area (Å²) in [4.78, 5) is 25.0. The summed E-state index contributed by atoms with van der Waals surface area (Å²) in [5.41, 5.74) is 0.789. The summed E-state index contributed by atoms with van der Waals surface area (Å²) in [6, 6.07) is 12.0. The molecule has 0 fully saturated rings. The van der Waals surface area contributed by atoms with Gasteiger partial charge in [-0.05, 0) is 56.3 Å². The minimum atomic E-state index is -0.489. The molecule has 2 aromatic rings. The molecule has 2 aromatic carbocycles. The van der Waals surface area contributed by atoms with E-state index in [1.54, 1.807) is 25.1 Å². The second-order valence-electron chi connectivity index (χ2n) is 5.12. The molecule has 1 N–H and O–H groups in total. The number of hydrogen-bond acceptors (Lipinski definition) is 4. The largest absolute Gasteiger partial charge is 0.462 e. The van der Waals surface area contributed by atoms with Crippen molar-refractivity contribution in [1.82, 2.24) is 0 Å². The summed E-state index contributed by atoms with van der Waals surface area (Å²) < 4.78 is 4.92. The number of thioether (sulfide) groups is 1. The zero-order chi connectivity index (χ0) is 18.4. The molecular weight excluding hydrogens is 381 g/mol. The minimum Gasteiger partial charge on any atom is -0.462 e. The SMILES string of the molecule is CCOC(=O)c1ccc(NC(=O)[C@@H](C)Sc2ccc(Cl)cc2)cc1Cl. The van der Waals surface area contributed by atoms with E-state index in [0.717, 1.165) is 4.90 Å². The van der Waals surface area contributed by atoms with Crippen LogP contribution in [0.15, 0.2) is 47.4 Å². The minimum absolute atomic E-state index is 0.167. The maximum Gasteiger partial charge on any atom is 0.339 e. The number of benzene rings is 2. The Kier molecular flexibility index (Phi) is 7.17. The van der Waals surface area contributed by atoms with Crippen molar-refractivity contribution >= 4 is 52.5 Å². The van der Waals surface area contributed by atoms with Gasteiger partial charge in [-0.1, -0.05) is 23.2 Å².